The molecule has 2 aliphatic carbocycles. The minimum Gasteiger partial charge on any atom is -0.420 e. The molecule has 0 aromatic rings. The van der Waals surface area contributed by atoms with Gasteiger partial charge in [-0.1, -0.05) is 12.8 Å². The van der Waals surface area contributed by atoms with Crippen LogP contribution in [0.1, 0.15) is 25.7 Å². The first-order valence-electron chi connectivity index (χ1n) is 5.18. The molecule has 12 heavy (non-hydrogen) atoms. The molecule has 0 aromatic carbocycles. The molecule has 2 aliphatic rings. The summed E-state index contributed by atoms with van der Waals surface area (Å²) in [6.45, 7) is 4.77. The fourth-order valence-corrected chi connectivity index (χ4v) is 5.89. The molecule has 0 aliphatic heterocycles. The Labute approximate surface area is 76.6 Å². The summed E-state index contributed by atoms with van der Waals surface area (Å²) in [6.07, 6.45) is 6.01. The molecule has 3 atom stereocenters. The SMILES string of the molecule is CO[Si](C)(C)C1CC2CCC1C2. The standard InChI is InChI=1S/C10H20OSi/c1-11-12(2,3)10-7-8-4-5-9(10)6-8/h8-10H,4-7H2,1-3H3. The van der Waals surface area contributed by atoms with Crippen molar-refractivity contribution in [2.24, 2.45) is 11.8 Å². The van der Waals surface area contributed by atoms with Crippen molar-refractivity contribution in [1.82, 2.24) is 0 Å². The topological polar surface area (TPSA) is 9.23 Å². The van der Waals surface area contributed by atoms with Gasteiger partial charge >= 0.3 is 0 Å². The molecule has 3 unspecified atom stereocenters. The smallest absolute Gasteiger partial charge is 0.189 e. The molecule has 2 saturated carbocycles. The first kappa shape index (κ1) is 8.76. The zero-order valence-electron chi connectivity index (χ0n) is 8.47. The van der Waals surface area contributed by atoms with Crippen LogP contribution in [0.25, 0.3) is 0 Å². The Bertz CT molecular complexity index is 179. The molecule has 1 nitrogen and oxygen atoms in total. The lowest BCUT2D eigenvalue weighted by Crippen LogP contribution is -2.37. The van der Waals surface area contributed by atoms with Crippen molar-refractivity contribution in [2.75, 3.05) is 7.11 Å². The molecule has 2 bridgehead atoms. The highest BCUT2D eigenvalue weighted by molar-refractivity contribution is 6.72. The number of hydrogen-bond donors (Lipinski definition) is 0. The first-order valence-corrected chi connectivity index (χ1v) is 8.17. The Morgan fingerprint density at radius 3 is 2.33 bits per heavy atom. The van der Waals surface area contributed by atoms with Gasteiger partial charge in [-0.05, 0) is 43.3 Å². The number of fused-ring (bicyclic) bond motifs is 2. The van der Waals surface area contributed by atoms with E-state index in [0.29, 0.717) is 0 Å². The zero-order valence-corrected chi connectivity index (χ0v) is 9.47. The average Bonchev–Trinajstić information content (AvgIpc) is 2.64. The Balaban J connectivity index is 2.06. The van der Waals surface area contributed by atoms with Crippen LogP contribution in [-0.2, 0) is 4.43 Å². The van der Waals surface area contributed by atoms with E-state index in [4.69, 9.17) is 4.43 Å². The van der Waals surface area contributed by atoms with E-state index in [2.05, 4.69) is 13.1 Å². The van der Waals surface area contributed by atoms with E-state index < -0.39 is 8.32 Å². The highest BCUT2D eigenvalue weighted by Gasteiger charge is 2.47. The highest BCUT2D eigenvalue weighted by atomic mass is 28.4. The predicted molar refractivity (Wildman–Crippen MR) is 53.7 cm³/mol. The summed E-state index contributed by atoms with van der Waals surface area (Å²) < 4.78 is 5.71. The fourth-order valence-electron chi connectivity index (χ4n) is 3.25. The number of rotatable bonds is 2. The average molecular weight is 184 g/mol. The van der Waals surface area contributed by atoms with Crippen LogP contribution in [0, 0.1) is 11.8 Å². The van der Waals surface area contributed by atoms with E-state index >= 15 is 0 Å². The van der Waals surface area contributed by atoms with E-state index in [0.717, 1.165) is 17.4 Å². The lowest BCUT2D eigenvalue weighted by atomic mass is 10.0. The normalized spacial score (nSPS) is 40.8. The van der Waals surface area contributed by atoms with Gasteiger partial charge in [0, 0.05) is 7.11 Å². The van der Waals surface area contributed by atoms with Crippen molar-refractivity contribution < 1.29 is 4.43 Å². The van der Waals surface area contributed by atoms with Crippen LogP contribution in [-0.4, -0.2) is 15.4 Å². The van der Waals surface area contributed by atoms with Crippen LogP contribution >= 0.6 is 0 Å². The maximum Gasteiger partial charge on any atom is 0.189 e. The van der Waals surface area contributed by atoms with Crippen LogP contribution in [0.3, 0.4) is 0 Å². The van der Waals surface area contributed by atoms with Crippen molar-refractivity contribution >= 4 is 8.32 Å². The lowest BCUT2D eigenvalue weighted by Gasteiger charge is -2.33. The minimum atomic E-state index is -1.30. The van der Waals surface area contributed by atoms with Gasteiger partial charge in [0.2, 0.25) is 0 Å². The van der Waals surface area contributed by atoms with Gasteiger partial charge in [0.25, 0.3) is 0 Å². The molecular formula is C10H20OSi. The van der Waals surface area contributed by atoms with Crippen LogP contribution in [0.5, 0.6) is 0 Å². The predicted octanol–water partition coefficient (Wildman–Crippen LogP) is 3.03. The second-order valence-corrected chi connectivity index (χ2v) is 9.45. The Morgan fingerprint density at radius 2 is 1.92 bits per heavy atom. The molecule has 2 fully saturated rings. The third-order valence-electron chi connectivity index (χ3n) is 4.16. The molecule has 0 heterocycles. The monoisotopic (exact) mass is 184 g/mol. The van der Waals surface area contributed by atoms with Crippen molar-refractivity contribution in [3.63, 3.8) is 0 Å². The second kappa shape index (κ2) is 2.84. The summed E-state index contributed by atoms with van der Waals surface area (Å²) in [4.78, 5) is 0. The van der Waals surface area contributed by atoms with E-state index in [-0.39, 0.29) is 0 Å². The van der Waals surface area contributed by atoms with E-state index in [1.807, 2.05) is 7.11 Å². The van der Waals surface area contributed by atoms with Crippen LogP contribution in [0.4, 0.5) is 0 Å². The summed E-state index contributed by atoms with van der Waals surface area (Å²) in [6, 6.07) is 0. The largest absolute Gasteiger partial charge is 0.420 e. The molecule has 0 amide bonds. The van der Waals surface area contributed by atoms with E-state index in [1.54, 1.807) is 0 Å². The summed E-state index contributed by atoms with van der Waals surface area (Å²) in [5, 5.41) is 0. The van der Waals surface area contributed by atoms with Crippen molar-refractivity contribution in [3.05, 3.63) is 0 Å². The molecule has 0 saturated heterocycles. The summed E-state index contributed by atoms with van der Waals surface area (Å²) in [7, 11) is 0.617. The lowest BCUT2D eigenvalue weighted by molar-refractivity contribution is 0.356. The zero-order chi connectivity index (χ0) is 8.77. The van der Waals surface area contributed by atoms with Gasteiger partial charge in [0.05, 0.1) is 0 Å². The number of hydrogen-bond acceptors (Lipinski definition) is 1. The molecule has 2 rings (SSSR count). The third-order valence-corrected chi connectivity index (χ3v) is 7.70. The maximum absolute atomic E-state index is 5.71. The molecule has 0 N–H and O–H groups in total. The molecule has 2 heteroatoms. The van der Waals surface area contributed by atoms with Gasteiger partial charge in [-0.2, -0.15) is 0 Å². The maximum atomic E-state index is 5.71. The quantitative estimate of drug-likeness (QED) is 0.599. The van der Waals surface area contributed by atoms with E-state index in [1.165, 1.54) is 25.7 Å². The van der Waals surface area contributed by atoms with Crippen molar-refractivity contribution in [3.8, 4) is 0 Å². The molecular weight excluding hydrogens is 164 g/mol. The van der Waals surface area contributed by atoms with Gasteiger partial charge in [-0.25, -0.2) is 0 Å². The molecule has 0 spiro atoms. The highest BCUT2D eigenvalue weighted by Crippen LogP contribution is 2.55. The summed E-state index contributed by atoms with van der Waals surface area (Å²) >= 11 is 0. The van der Waals surface area contributed by atoms with Crippen LogP contribution in [0.15, 0.2) is 0 Å². The third kappa shape index (κ3) is 1.25. The van der Waals surface area contributed by atoms with Crippen molar-refractivity contribution in [2.45, 2.75) is 44.3 Å². The Morgan fingerprint density at radius 1 is 1.17 bits per heavy atom. The first-order chi connectivity index (χ1) is 5.63. The Hall–Kier alpha value is 0.177. The summed E-state index contributed by atoms with van der Waals surface area (Å²) in [5.41, 5.74) is 0.973. The Kier molecular flexibility index (Phi) is 2.08. The fraction of sp³-hybridized carbons (Fsp3) is 1.00. The van der Waals surface area contributed by atoms with Crippen molar-refractivity contribution in [1.29, 1.82) is 0 Å². The van der Waals surface area contributed by atoms with Gasteiger partial charge in [0.1, 0.15) is 0 Å². The van der Waals surface area contributed by atoms with Gasteiger partial charge < -0.3 is 4.43 Å². The second-order valence-electron chi connectivity index (χ2n) is 5.09. The van der Waals surface area contributed by atoms with Crippen LogP contribution in [0.2, 0.25) is 18.6 Å². The summed E-state index contributed by atoms with van der Waals surface area (Å²) in [5.74, 6) is 2.11. The molecule has 70 valence electrons. The molecule has 0 aromatic heterocycles. The van der Waals surface area contributed by atoms with Gasteiger partial charge in [0.15, 0.2) is 8.32 Å². The van der Waals surface area contributed by atoms with Crippen LogP contribution < -0.4 is 0 Å². The van der Waals surface area contributed by atoms with E-state index in [9.17, 15) is 0 Å². The molecule has 0 radical (unpaired) electrons. The van der Waals surface area contributed by atoms with Gasteiger partial charge in [-0.3, -0.25) is 0 Å². The minimum absolute atomic E-state index is 0.973. The van der Waals surface area contributed by atoms with Gasteiger partial charge in [-0.15, -0.1) is 0 Å².